The van der Waals surface area contributed by atoms with Crippen LogP contribution in [0.15, 0.2) is 29.1 Å². The number of aromatic nitrogens is 1. The molecule has 0 aliphatic heterocycles. The Hall–Kier alpha value is -1.86. The van der Waals surface area contributed by atoms with Crippen molar-refractivity contribution in [1.29, 1.82) is 5.26 Å². The summed E-state index contributed by atoms with van der Waals surface area (Å²) in [7, 11) is 0. The highest BCUT2D eigenvalue weighted by molar-refractivity contribution is 7.07. The molecule has 0 unspecified atom stereocenters. The number of hydrogen-bond donors (Lipinski definition) is 0. The van der Waals surface area contributed by atoms with Gasteiger partial charge in [0.15, 0.2) is 0 Å². The monoisotopic (exact) mass is 230 g/mol. The normalized spacial score (nSPS) is 9.75. The Balaban J connectivity index is 2.12. The molecule has 0 bridgehead atoms. The van der Waals surface area contributed by atoms with Gasteiger partial charge in [-0.05, 0) is 24.6 Å². The molecule has 0 spiro atoms. The summed E-state index contributed by atoms with van der Waals surface area (Å²) < 4.78 is 5.62. The third-order valence-electron chi connectivity index (χ3n) is 2.18. The van der Waals surface area contributed by atoms with Crippen LogP contribution in [-0.2, 0) is 6.61 Å². The summed E-state index contributed by atoms with van der Waals surface area (Å²) in [6.07, 6.45) is 0. The lowest BCUT2D eigenvalue weighted by atomic mass is 10.1. The van der Waals surface area contributed by atoms with Crippen LogP contribution in [-0.4, -0.2) is 4.98 Å². The number of thiazole rings is 1. The first-order chi connectivity index (χ1) is 7.79. The predicted molar refractivity (Wildman–Crippen MR) is 62.3 cm³/mol. The number of aryl methyl sites for hydroxylation is 1. The molecule has 80 valence electrons. The molecule has 2 rings (SSSR count). The lowest BCUT2D eigenvalue weighted by molar-refractivity contribution is 0.300. The van der Waals surface area contributed by atoms with Gasteiger partial charge in [0.2, 0.25) is 0 Å². The Labute approximate surface area is 97.9 Å². The molecule has 0 saturated heterocycles. The number of nitriles is 1. The molecule has 0 aliphatic carbocycles. The van der Waals surface area contributed by atoms with Crippen LogP contribution in [0, 0.1) is 18.3 Å². The van der Waals surface area contributed by atoms with E-state index in [9.17, 15) is 0 Å². The number of benzene rings is 1. The van der Waals surface area contributed by atoms with Gasteiger partial charge in [-0.3, -0.25) is 0 Å². The van der Waals surface area contributed by atoms with Crippen LogP contribution in [0.2, 0.25) is 0 Å². The molecule has 0 radical (unpaired) electrons. The minimum Gasteiger partial charge on any atom is -0.487 e. The van der Waals surface area contributed by atoms with Crippen LogP contribution in [0.25, 0.3) is 0 Å². The summed E-state index contributed by atoms with van der Waals surface area (Å²) in [5.74, 6) is 0.743. The van der Waals surface area contributed by atoms with E-state index in [2.05, 4.69) is 11.1 Å². The molecule has 1 aromatic carbocycles. The zero-order chi connectivity index (χ0) is 11.4. The molecule has 4 heteroatoms. The van der Waals surface area contributed by atoms with E-state index in [0.717, 1.165) is 17.0 Å². The van der Waals surface area contributed by atoms with E-state index in [-0.39, 0.29) is 0 Å². The van der Waals surface area contributed by atoms with Gasteiger partial charge in [-0.25, -0.2) is 4.98 Å². The van der Waals surface area contributed by atoms with Gasteiger partial charge in [-0.15, -0.1) is 11.3 Å². The number of rotatable bonds is 3. The average Bonchev–Trinajstić information content (AvgIpc) is 2.81. The van der Waals surface area contributed by atoms with Gasteiger partial charge in [0.25, 0.3) is 0 Å². The SMILES string of the molecule is Cc1ccc(C#N)cc1OCc1cscn1. The van der Waals surface area contributed by atoms with E-state index in [0.29, 0.717) is 12.2 Å². The van der Waals surface area contributed by atoms with Crippen LogP contribution in [0.3, 0.4) is 0 Å². The third kappa shape index (κ3) is 2.38. The van der Waals surface area contributed by atoms with Gasteiger partial charge in [-0.2, -0.15) is 5.26 Å². The molecule has 1 heterocycles. The molecule has 0 amide bonds. The standard InChI is InChI=1S/C12H10N2OS/c1-9-2-3-10(5-13)4-12(9)15-6-11-7-16-8-14-11/h2-4,7-8H,6H2,1H3. The highest BCUT2D eigenvalue weighted by atomic mass is 32.1. The van der Waals surface area contributed by atoms with Crippen LogP contribution in [0.1, 0.15) is 16.8 Å². The fraction of sp³-hybridized carbons (Fsp3) is 0.167. The topological polar surface area (TPSA) is 45.9 Å². The maximum absolute atomic E-state index is 8.79. The van der Waals surface area contributed by atoms with E-state index in [4.69, 9.17) is 10.00 Å². The van der Waals surface area contributed by atoms with Crippen molar-refractivity contribution in [1.82, 2.24) is 4.98 Å². The Bertz CT molecular complexity index is 514. The molecular weight excluding hydrogens is 220 g/mol. The molecule has 0 atom stereocenters. The van der Waals surface area contributed by atoms with Gasteiger partial charge in [-0.1, -0.05) is 6.07 Å². The first kappa shape index (κ1) is 10.7. The molecule has 1 aromatic heterocycles. The lowest BCUT2D eigenvalue weighted by Crippen LogP contribution is -1.97. The minimum atomic E-state index is 0.444. The molecule has 2 aromatic rings. The van der Waals surface area contributed by atoms with Crippen molar-refractivity contribution in [3.8, 4) is 11.8 Å². The van der Waals surface area contributed by atoms with Crippen LogP contribution >= 0.6 is 11.3 Å². The quantitative estimate of drug-likeness (QED) is 0.814. The minimum absolute atomic E-state index is 0.444. The second-order valence-electron chi connectivity index (χ2n) is 3.36. The molecule has 0 fully saturated rings. The van der Waals surface area contributed by atoms with E-state index in [1.807, 2.05) is 18.4 Å². The lowest BCUT2D eigenvalue weighted by Gasteiger charge is -2.07. The number of ether oxygens (including phenoxy) is 1. The molecule has 0 N–H and O–H groups in total. The van der Waals surface area contributed by atoms with Crippen LogP contribution in [0.5, 0.6) is 5.75 Å². The van der Waals surface area contributed by atoms with Crippen molar-refractivity contribution < 1.29 is 4.74 Å². The zero-order valence-corrected chi connectivity index (χ0v) is 9.62. The first-order valence-corrected chi connectivity index (χ1v) is 5.74. The van der Waals surface area contributed by atoms with Gasteiger partial charge >= 0.3 is 0 Å². The van der Waals surface area contributed by atoms with E-state index >= 15 is 0 Å². The maximum Gasteiger partial charge on any atom is 0.131 e. The average molecular weight is 230 g/mol. The highest BCUT2D eigenvalue weighted by Gasteiger charge is 2.02. The molecule has 16 heavy (non-hydrogen) atoms. The second-order valence-corrected chi connectivity index (χ2v) is 4.08. The van der Waals surface area contributed by atoms with Gasteiger partial charge < -0.3 is 4.74 Å². The van der Waals surface area contributed by atoms with Crippen molar-refractivity contribution in [3.63, 3.8) is 0 Å². The maximum atomic E-state index is 8.79. The Kier molecular flexibility index (Phi) is 3.18. The summed E-state index contributed by atoms with van der Waals surface area (Å²) in [5, 5.41) is 10.7. The summed E-state index contributed by atoms with van der Waals surface area (Å²) >= 11 is 1.54. The van der Waals surface area contributed by atoms with Crippen molar-refractivity contribution >= 4 is 11.3 Å². The van der Waals surface area contributed by atoms with E-state index < -0.39 is 0 Å². The molecule has 0 aliphatic rings. The van der Waals surface area contributed by atoms with Gasteiger partial charge in [0.05, 0.1) is 22.8 Å². The molecule has 0 saturated carbocycles. The highest BCUT2D eigenvalue weighted by Crippen LogP contribution is 2.20. The Morgan fingerprint density at radius 1 is 1.50 bits per heavy atom. The summed E-state index contributed by atoms with van der Waals surface area (Å²) in [6.45, 7) is 2.40. The van der Waals surface area contributed by atoms with E-state index in [1.165, 1.54) is 0 Å². The second kappa shape index (κ2) is 4.77. The smallest absolute Gasteiger partial charge is 0.131 e. The van der Waals surface area contributed by atoms with Crippen molar-refractivity contribution in [2.75, 3.05) is 0 Å². The van der Waals surface area contributed by atoms with Crippen molar-refractivity contribution in [3.05, 3.63) is 45.9 Å². The van der Waals surface area contributed by atoms with Crippen molar-refractivity contribution in [2.24, 2.45) is 0 Å². The number of hydrogen-bond acceptors (Lipinski definition) is 4. The summed E-state index contributed by atoms with van der Waals surface area (Å²) in [5.41, 5.74) is 4.32. The van der Waals surface area contributed by atoms with Crippen molar-refractivity contribution in [2.45, 2.75) is 13.5 Å². The van der Waals surface area contributed by atoms with Crippen LogP contribution < -0.4 is 4.74 Å². The Morgan fingerprint density at radius 2 is 2.38 bits per heavy atom. The van der Waals surface area contributed by atoms with Crippen LogP contribution in [0.4, 0.5) is 0 Å². The predicted octanol–water partition coefficient (Wildman–Crippen LogP) is 2.90. The fourth-order valence-electron chi connectivity index (χ4n) is 1.29. The third-order valence-corrected chi connectivity index (χ3v) is 2.81. The molecular formula is C12H10N2OS. The molecule has 3 nitrogen and oxygen atoms in total. The van der Waals surface area contributed by atoms with Gasteiger partial charge in [0, 0.05) is 5.38 Å². The first-order valence-electron chi connectivity index (χ1n) is 4.80. The van der Waals surface area contributed by atoms with E-state index in [1.54, 1.807) is 29.0 Å². The zero-order valence-electron chi connectivity index (χ0n) is 8.80. The number of nitrogens with zero attached hydrogens (tertiary/aromatic N) is 2. The largest absolute Gasteiger partial charge is 0.487 e. The fourth-order valence-corrected chi connectivity index (χ4v) is 1.83. The summed E-state index contributed by atoms with van der Waals surface area (Å²) in [6, 6.07) is 7.51. The summed E-state index contributed by atoms with van der Waals surface area (Å²) in [4.78, 5) is 4.13. The van der Waals surface area contributed by atoms with Gasteiger partial charge in [0.1, 0.15) is 12.4 Å². The Morgan fingerprint density at radius 3 is 3.06 bits per heavy atom.